The SMILES string of the molecule is Cc1c(-c2ccc(OCC(O)CN3CCN(c4cccc(Cl)c4)CC3)cc2)[nH]c2ccccc12. The number of β-amino-alcohol motifs (C(OH)–C–C–N with tert-alkyl or cyclic N) is 1. The summed E-state index contributed by atoms with van der Waals surface area (Å²) in [4.78, 5) is 8.14. The van der Waals surface area contributed by atoms with Gasteiger partial charge in [0.05, 0.1) is 0 Å². The Hall–Kier alpha value is -2.99. The number of aliphatic hydroxyl groups is 1. The van der Waals surface area contributed by atoms with Crippen LogP contribution in [0.4, 0.5) is 5.69 Å². The summed E-state index contributed by atoms with van der Waals surface area (Å²) in [7, 11) is 0. The van der Waals surface area contributed by atoms with E-state index in [0.29, 0.717) is 6.54 Å². The lowest BCUT2D eigenvalue weighted by atomic mass is 10.1. The van der Waals surface area contributed by atoms with Crippen LogP contribution < -0.4 is 9.64 Å². The molecule has 5 nitrogen and oxygen atoms in total. The van der Waals surface area contributed by atoms with Crippen LogP contribution >= 0.6 is 11.6 Å². The van der Waals surface area contributed by atoms with E-state index in [9.17, 15) is 5.11 Å². The highest BCUT2D eigenvalue weighted by Gasteiger charge is 2.20. The summed E-state index contributed by atoms with van der Waals surface area (Å²) in [6.45, 7) is 6.67. The normalized spacial score (nSPS) is 15.6. The number of aromatic amines is 1. The number of benzene rings is 3. The maximum atomic E-state index is 10.5. The second kappa shape index (κ2) is 10.1. The van der Waals surface area contributed by atoms with E-state index in [4.69, 9.17) is 16.3 Å². The molecular formula is C28H30ClN3O2. The number of aliphatic hydroxyl groups excluding tert-OH is 1. The fourth-order valence-electron chi connectivity index (χ4n) is 4.69. The average molecular weight is 476 g/mol. The van der Waals surface area contributed by atoms with E-state index in [2.05, 4.69) is 58.1 Å². The highest BCUT2D eigenvalue weighted by atomic mass is 35.5. The molecule has 176 valence electrons. The summed E-state index contributed by atoms with van der Waals surface area (Å²) in [6.07, 6.45) is -0.534. The Morgan fingerprint density at radius 2 is 1.74 bits per heavy atom. The molecule has 1 unspecified atom stereocenters. The number of hydrogen-bond acceptors (Lipinski definition) is 4. The average Bonchev–Trinajstić information content (AvgIpc) is 3.20. The fourth-order valence-corrected chi connectivity index (χ4v) is 4.88. The van der Waals surface area contributed by atoms with E-state index in [1.54, 1.807) is 0 Å². The molecule has 2 heterocycles. The minimum absolute atomic E-state index is 0.277. The Labute approximate surface area is 205 Å². The molecule has 34 heavy (non-hydrogen) atoms. The molecule has 1 fully saturated rings. The molecule has 0 saturated carbocycles. The number of para-hydroxylation sites is 1. The van der Waals surface area contributed by atoms with Crippen LogP contribution in [0.1, 0.15) is 5.56 Å². The Morgan fingerprint density at radius 3 is 2.47 bits per heavy atom. The maximum absolute atomic E-state index is 10.5. The highest BCUT2D eigenvalue weighted by molar-refractivity contribution is 6.30. The van der Waals surface area contributed by atoms with Gasteiger partial charge in [-0.25, -0.2) is 0 Å². The van der Waals surface area contributed by atoms with Gasteiger partial charge in [-0.05, 0) is 66.6 Å². The number of nitrogens with one attached hydrogen (secondary N) is 1. The number of ether oxygens (including phenoxy) is 1. The number of fused-ring (bicyclic) bond motifs is 1. The van der Waals surface area contributed by atoms with Gasteiger partial charge in [0.15, 0.2) is 0 Å². The second-order valence-electron chi connectivity index (χ2n) is 8.93. The van der Waals surface area contributed by atoms with Gasteiger partial charge in [-0.3, -0.25) is 4.90 Å². The quantitative estimate of drug-likeness (QED) is 0.378. The van der Waals surface area contributed by atoms with Crippen molar-refractivity contribution in [3.63, 3.8) is 0 Å². The third kappa shape index (κ3) is 5.07. The van der Waals surface area contributed by atoms with E-state index in [1.165, 1.54) is 10.9 Å². The van der Waals surface area contributed by atoms with Gasteiger partial charge in [-0.2, -0.15) is 0 Å². The van der Waals surface area contributed by atoms with Crippen molar-refractivity contribution < 1.29 is 9.84 Å². The molecule has 0 spiro atoms. The number of aryl methyl sites for hydroxylation is 1. The van der Waals surface area contributed by atoms with Gasteiger partial charge in [-0.1, -0.05) is 35.9 Å². The van der Waals surface area contributed by atoms with Crippen molar-refractivity contribution in [3.05, 3.63) is 83.4 Å². The lowest BCUT2D eigenvalue weighted by Gasteiger charge is -2.36. The van der Waals surface area contributed by atoms with Gasteiger partial charge < -0.3 is 19.7 Å². The molecule has 6 heteroatoms. The first-order valence-corrected chi connectivity index (χ1v) is 12.2. The van der Waals surface area contributed by atoms with Crippen LogP contribution in [0.25, 0.3) is 22.2 Å². The first-order valence-electron chi connectivity index (χ1n) is 11.8. The molecule has 4 aromatic rings. The number of rotatable bonds is 7. The van der Waals surface area contributed by atoms with E-state index in [-0.39, 0.29) is 6.61 Å². The Kier molecular flexibility index (Phi) is 6.77. The topological polar surface area (TPSA) is 51.7 Å². The molecule has 5 rings (SSSR count). The molecular weight excluding hydrogens is 446 g/mol. The Morgan fingerprint density at radius 1 is 0.971 bits per heavy atom. The first-order chi connectivity index (χ1) is 16.6. The first kappa shape index (κ1) is 22.8. The van der Waals surface area contributed by atoms with Gasteiger partial charge in [0.2, 0.25) is 0 Å². The van der Waals surface area contributed by atoms with Crippen LogP contribution in [0.2, 0.25) is 5.02 Å². The van der Waals surface area contributed by atoms with Crippen molar-refractivity contribution in [3.8, 4) is 17.0 Å². The molecule has 1 atom stereocenters. The molecule has 0 amide bonds. The standard InChI is InChI=1S/C28H30ClN3O2/c1-20-26-7-2-3-8-27(26)30-28(20)21-9-11-25(12-10-21)34-19-24(33)18-31-13-15-32(16-14-31)23-6-4-5-22(29)17-23/h2-12,17,24,30,33H,13-16,18-19H2,1H3. The van der Waals surface area contributed by atoms with Crippen molar-refractivity contribution >= 4 is 28.2 Å². The third-order valence-electron chi connectivity index (χ3n) is 6.57. The van der Waals surface area contributed by atoms with Gasteiger partial charge in [0.25, 0.3) is 0 Å². The molecule has 3 aromatic carbocycles. The summed E-state index contributed by atoms with van der Waals surface area (Å²) in [5.74, 6) is 0.766. The summed E-state index contributed by atoms with van der Waals surface area (Å²) in [6, 6.07) is 24.4. The zero-order valence-corrected chi connectivity index (χ0v) is 20.1. The summed E-state index contributed by atoms with van der Waals surface area (Å²) in [5.41, 5.74) is 5.80. The van der Waals surface area contributed by atoms with Crippen LogP contribution in [-0.2, 0) is 0 Å². The van der Waals surface area contributed by atoms with E-state index in [0.717, 1.165) is 59.4 Å². The molecule has 1 aliphatic rings. The lowest BCUT2D eigenvalue weighted by molar-refractivity contribution is 0.0663. The van der Waals surface area contributed by atoms with Crippen LogP contribution in [0, 0.1) is 6.92 Å². The molecule has 0 radical (unpaired) electrons. The fraction of sp³-hybridized carbons (Fsp3) is 0.286. The minimum atomic E-state index is -0.534. The number of halogens is 1. The highest BCUT2D eigenvalue weighted by Crippen LogP contribution is 2.30. The molecule has 0 bridgehead atoms. The zero-order chi connectivity index (χ0) is 23.5. The van der Waals surface area contributed by atoms with Crippen molar-refractivity contribution in [2.24, 2.45) is 0 Å². The summed E-state index contributed by atoms with van der Waals surface area (Å²) in [5, 5.41) is 12.5. The monoisotopic (exact) mass is 475 g/mol. The predicted octanol–water partition coefficient (Wildman–Crippen LogP) is 5.36. The predicted molar refractivity (Wildman–Crippen MR) is 140 cm³/mol. The van der Waals surface area contributed by atoms with Crippen molar-refractivity contribution in [2.75, 3.05) is 44.2 Å². The van der Waals surface area contributed by atoms with Gasteiger partial charge in [-0.15, -0.1) is 0 Å². The number of H-pyrrole nitrogens is 1. The van der Waals surface area contributed by atoms with Crippen LogP contribution in [0.5, 0.6) is 5.75 Å². The lowest BCUT2D eigenvalue weighted by Crippen LogP contribution is -2.49. The van der Waals surface area contributed by atoms with Gasteiger partial charge in [0, 0.05) is 60.0 Å². The smallest absolute Gasteiger partial charge is 0.119 e. The summed E-state index contributed by atoms with van der Waals surface area (Å²) >= 11 is 6.12. The largest absolute Gasteiger partial charge is 0.491 e. The molecule has 2 N–H and O–H groups in total. The Bertz CT molecular complexity index is 1250. The van der Waals surface area contributed by atoms with Crippen molar-refractivity contribution in [2.45, 2.75) is 13.0 Å². The maximum Gasteiger partial charge on any atom is 0.119 e. The van der Waals surface area contributed by atoms with E-state index < -0.39 is 6.10 Å². The number of nitrogens with zero attached hydrogens (tertiary/aromatic N) is 2. The minimum Gasteiger partial charge on any atom is -0.491 e. The summed E-state index contributed by atoms with van der Waals surface area (Å²) < 4.78 is 5.88. The number of hydrogen-bond donors (Lipinski definition) is 2. The number of aromatic nitrogens is 1. The van der Waals surface area contributed by atoms with Crippen LogP contribution in [0.15, 0.2) is 72.8 Å². The van der Waals surface area contributed by atoms with Gasteiger partial charge in [0.1, 0.15) is 18.5 Å². The molecule has 1 saturated heterocycles. The van der Waals surface area contributed by atoms with E-state index in [1.807, 2.05) is 36.4 Å². The number of piperazine rings is 1. The molecule has 1 aliphatic heterocycles. The Balaban J connectivity index is 1.11. The second-order valence-corrected chi connectivity index (χ2v) is 9.36. The number of anilines is 1. The third-order valence-corrected chi connectivity index (χ3v) is 6.80. The molecule has 0 aliphatic carbocycles. The van der Waals surface area contributed by atoms with Crippen molar-refractivity contribution in [1.82, 2.24) is 9.88 Å². The van der Waals surface area contributed by atoms with Crippen molar-refractivity contribution in [1.29, 1.82) is 0 Å². The zero-order valence-electron chi connectivity index (χ0n) is 19.4. The van der Waals surface area contributed by atoms with E-state index >= 15 is 0 Å². The van der Waals surface area contributed by atoms with Crippen LogP contribution in [-0.4, -0.2) is 60.4 Å². The van der Waals surface area contributed by atoms with Gasteiger partial charge >= 0.3 is 0 Å². The molecule has 1 aromatic heterocycles. The van der Waals surface area contributed by atoms with Crippen LogP contribution in [0.3, 0.4) is 0 Å².